The highest BCUT2D eigenvalue weighted by Gasteiger charge is 2.32. The number of aromatic nitrogens is 3. The molecule has 0 bridgehead atoms. The van der Waals surface area contributed by atoms with Crippen LogP contribution in [0.2, 0.25) is 0 Å². The zero-order valence-corrected chi connectivity index (χ0v) is 21.2. The van der Waals surface area contributed by atoms with E-state index >= 15 is 0 Å². The molecule has 3 aromatic rings. The highest BCUT2D eigenvalue weighted by molar-refractivity contribution is 8.18. The van der Waals surface area contributed by atoms with Gasteiger partial charge in [-0.05, 0) is 78.9 Å². The number of hydrogen-bond acceptors (Lipinski definition) is 8. The first kappa shape index (κ1) is 25.0. The third-order valence-corrected chi connectivity index (χ3v) is 7.59. The molecule has 0 unspecified atom stereocenters. The number of carbonyl (C=O) groups excluding carboxylic acids is 2. The van der Waals surface area contributed by atoms with E-state index in [0.29, 0.717) is 29.1 Å². The van der Waals surface area contributed by atoms with E-state index in [-0.39, 0.29) is 23.0 Å². The zero-order valence-electron chi connectivity index (χ0n) is 20.4. The van der Waals surface area contributed by atoms with Gasteiger partial charge in [0.2, 0.25) is 5.95 Å². The molecule has 1 saturated carbocycles. The largest absolute Gasteiger partial charge is 0.351 e. The van der Waals surface area contributed by atoms with Gasteiger partial charge in [-0.15, -0.1) is 0 Å². The van der Waals surface area contributed by atoms with Crippen LogP contribution >= 0.6 is 11.8 Å². The van der Waals surface area contributed by atoms with Gasteiger partial charge in [0.1, 0.15) is 5.82 Å². The van der Waals surface area contributed by atoms with Gasteiger partial charge in [-0.2, -0.15) is 0 Å². The lowest BCUT2D eigenvalue weighted by Crippen LogP contribution is -2.37. The van der Waals surface area contributed by atoms with Crippen molar-refractivity contribution in [2.45, 2.75) is 44.3 Å². The number of carbonyl (C=O) groups is 2. The van der Waals surface area contributed by atoms with Crippen LogP contribution in [-0.2, 0) is 11.3 Å². The second kappa shape index (κ2) is 11.2. The number of likely N-dealkylation sites (N-methyl/N-ethyl adjacent to an activating group) is 1. The van der Waals surface area contributed by atoms with Crippen molar-refractivity contribution in [1.82, 2.24) is 25.2 Å². The molecule has 0 spiro atoms. The van der Waals surface area contributed by atoms with Crippen LogP contribution in [0.25, 0.3) is 17.2 Å². The predicted molar refractivity (Wildman–Crippen MR) is 142 cm³/mol. The summed E-state index contributed by atoms with van der Waals surface area (Å²) in [4.78, 5) is 38.3. The second-order valence-electron chi connectivity index (χ2n) is 9.16. The van der Waals surface area contributed by atoms with Gasteiger partial charge in [0, 0.05) is 49.8 Å². The minimum absolute atomic E-state index is 0.243. The summed E-state index contributed by atoms with van der Waals surface area (Å²) >= 11 is 0.911. The van der Waals surface area contributed by atoms with E-state index in [2.05, 4.69) is 25.6 Å². The van der Waals surface area contributed by atoms with Crippen LogP contribution < -0.4 is 10.6 Å². The molecule has 1 saturated heterocycles. The molecule has 2 N–H and O–H groups in total. The molecule has 1 aliphatic carbocycles. The van der Waals surface area contributed by atoms with Crippen LogP contribution in [0.3, 0.4) is 0 Å². The van der Waals surface area contributed by atoms with Gasteiger partial charge in [0.05, 0.1) is 10.6 Å². The van der Waals surface area contributed by atoms with Crippen molar-refractivity contribution in [3.8, 4) is 11.1 Å². The maximum atomic E-state index is 13.9. The fourth-order valence-corrected chi connectivity index (χ4v) is 5.39. The molecule has 37 heavy (non-hydrogen) atoms. The molecular formula is C27H27FN6O2S. The highest BCUT2D eigenvalue weighted by Crippen LogP contribution is 2.31. The summed E-state index contributed by atoms with van der Waals surface area (Å²) in [6.07, 6.45) is 10.6. The Labute approximate surface area is 218 Å². The lowest BCUT2D eigenvalue weighted by Gasteiger charge is -2.30. The summed E-state index contributed by atoms with van der Waals surface area (Å²) < 4.78 is 13.9. The average molecular weight is 519 g/mol. The van der Waals surface area contributed by atoms with E-state index < -0.39 is 0 Å². The molecule has 0 atom stereocenters. The third-order valence-electron chi connectivity index (χ3n) is 6.63. The Bertz CT molecular complexity index is 1330. The Morgan fingerprint density at radius 2 is 1.92 bits per heavy atom. The van der Waals surface area contributed by atoms with Crippen molar-refractivity contribution in [3.05, 3.63) is 77.0 Å². The summed E-state index contributed by atoms with van der Waals surface area (Å²) in [6, 6.07) is 11.0. The number of halogens is 1. The normalized spacial score (nSPS) is 21.0. The number of benzene rings is 1. The van der Waals surface area contributed by atoms with Crippen molar-refractivity contribution in [1.29, 1.82) is 0 Å². The monoisotopic (exact) mass is 518 g/mol. The Kier molecular flexibility index (Phi) is 7.57. The number of rotatable bonds is 7. The summed E-state index contributed by atoms with van der Waals surface area (Å²) in [6.45, 7) is 0.654. The number of imide groups is 1. The first-order chi connectivity index (χ1) is 18.0. The van der Waals surface area contributed by atoms with Crippen LogP contribution in [0.5, 0.6) is 0 Å². The molecule has 2 amide bonds. The zero-order chi connectivity index (χ0) is 25.8. The van der Waals surface area contributed by atoms with Crippen LogP contribution in [-0.4, -0.2) is 50.1 Å². The summed E-state index contributed by atoms with van der Waals surface area (Å²) in [5.74, 6) is -0.0680. The number of hydrogen-bond donors (Lipinski definition) is 2. The molecular weight excluding hydrogens is 491 g/mol. The molecule has 5 rings (SSSR count). The van der Waals surface area contributed by atoms with Crippen molar-refractivity contribution in [3.63, 3.8) is 0 Å². The predicted octanol–water partition coefficient (Wildman–Crippen LogP) is 4.86. The lowest BCUT2D eigenvalue weighted by molar-refractivity contribution is -0.121. The van der Waals surface area contributed by atoms with Gasteiger partial charge < -0.3 is 10.6 Å². The first-order valence-corrected chi connectivity index (χ1v) is 13.0. The molecule has 2 fully saturated rings. The Morgan fingerprint density at radius 1 is 1.11 bits per heavy atom. The van der Waals surface area contributed by atoms with Crippen LogP contribution in [0.1, 0.15) is 36.9 Å². The smallest absolute Gasteiger partial charge is 0.293 e. The molecule has 10 heteroatoms. The van der Waals surface area contributed by atoms with Gasteiger partial charge in [-0.25, -0.2) is 14.4 Å². The van der Waals surface area contributed by atoms with Crippen molar-refractivity contribution in [2.75, 3.05) is 12.4 Å². The SMILES string of the molecule is CN1C(=O)S/C(=C\c2ccnc(NC3CCC(NCc4ccc(F)cc4-c4cccnc4)CC3)n2)C1=O. The van der Waals surface area contributed by atoms with Gasteiger partial charge in [0.15, 0.2) is 0 Å². The Morgan fingerprint density at radius 3 is 2.65 bits per heavy atom. The lowest BCUT2D eigenvalue weighted by atomic mass is 9.91. The minimum atomic E-state index is -0.317. The molecule has 190 valence electrons. The summed E-state index contributed by atoms with van der Waals surface area (Å²) in [7, 11) is 1.47. The van der Waals surface area contributed by atoms with Crippen LogP contribution in [0.4, 0.5) is 15.1 Å². The first-order valence-electron chi connectivity index (χ1n) is 12.2. The maximum Gasteiger partial charge on any atom is 0.293 e. The summed E-state index contributed by atoms with van der Waals surface area (Å²) in [5.41, 5.74) is 3.38. The van der Waals surface area contributed by atoms with E-state index in [9.17, 15) is 14.0 Å². The molecule has 1 aromatic carbocycles. The van der Waals surface area contributed by atoms with Crippen LogP contribution in [0, 0.1) is 5.82 Å². The number of pyridine rings is 1. The van der Waals surface area contributed by atoms with Crippen molar-refractivity contribution in [2.24, 2.45) is 0 Å². The number of nitrogens with zero attached hydrogens (tertiary/aromatic N) is 4. The van der Waals surface area contributed by atoms with Gasteiger partial charge >= 0.3 is 0 Å². The molecule has 2 aliphatic rings. The number of thioether (sulfide) groups is 1. The molecule has 1 aliphatic heterocycles. The summed E-state index contributed by atoms with van der Waals surface area (Å²) in [5, 5.41) is 6.76. The molecule has 8 nitrogen and oxygen atoms in total. The molecule has 3 heterocycles. The second-order valence-corrected chi connectivity index (χ2v) is 10.2. The Hall–Kier alpha value is -3.63. The quantitative estimate of drug-likeness (QED) is 0.428. The fourth-order valence-electron chi connectivity index (χ4n) is 4.57. The van der Waals surface area contributed by atoms with Crippen LogP contribution in [0.15, 0.2) is 59.9 Å². The number of nitrogens with one attached hydrogen (secondary N) is 2. The highest BCUT2D eigenvalue weighted by atomic mass is 32.2. The van der Waals surface area contributed by atoms with E-state index in [1.807, 2.05) is 18.2 Å². The van der Waals surface area contributed by atoms with E-state index in [0.717, 1.165) is 59.0 Å². The van der Waals surface area contributed by atoms with Crippen molar-refractivity contribution >= 4 is 34.9 Å². The van der Waals surface area contributed by atoms with Crippen molar-refractivity contribution < 1.29 is 14.0 Å². The standard InChI is InChI=1S/C27H27FN6O2S/c1-34-25(35)24(37-27(34)36)14-22-10-12-30-26(33-22)32-21-8-6-20(7-9-21)31-16-18-4-5-19(28)13-23(18)17-3-2-11-29-15-17/h2-5,10-15,20-21,31H,6-9,16H2,1H3,(H,30,32,33)/b24-14-. The van der Waals surface area contributed by atoms with E-state index in [1.165, 1.54) is 13.1 Å². The van der Waals surface area contributed by atoms with E-state index in [1.54, 1.807) is 36.8 Å². The fraction of sp³-hybridized carbons (Fsp3) is 0.296. The number of anilines is 1. The average Bonchev–Trinajstić information content (AvgIpc) is 3.15. The topological polar surface area (TPSA) is 100 Å². The number of amides is 2. The molecule has 2 aromatic heterocycles. The van der Waals surface area contributed by atoms with Gasteiger partial charge in [-0.3, -0.25) is 19.5 Å². The minimum Gasteiger partial charge on any atom is -0.351 e. The maximum absolute atomic E-state index is 13.9. The Balaban J connectivity index is 1.15. The van der Waals surface area contributed by atoms with Gasteiger partial charge in [0.25, 0.3) is 11.1 Å². The van der Waals surface area contributed by atoms with E-state index in [4.69, 9.17) is 0 Å². The molecule has 0 radical (unpaired) electrons. The third kappa shape index (κ3) is 6.03. The van der Waals surface area contributed by atoms with Gasteiger partial charge in [-0.1, -0.05) is 12.1 Å².